The minimum absolute atomic E-state index is 0.440. The molecule has 0 aliphatic carbocycles. The minimum Gasteiger partial charge on any atom is -0.475 e. The van der Waals surface area contributed by atoms with Crippen molar-refractivity contribution in [3.63, 3.8) is 0 Å². The number of aryl methyl sites for hydroxylation is 1. The number of methoxy groups -OCH3 is 1. The van der Waals surface area contributed by atoms with E-state index >= 15 is 0 Å². The molecule has 0 unspecified atom stereocenters. The van der Waals surface area contributed by atoms with Crippen LogP contribution in [0.4, 0.5) is 26.3 Å². The number of rotatable bonds is 4. The van der Waals surface area contributed by atoms with Crippen molar-refractivity contribution in [2.75, 3.05) is 33.3 Å². The first-order chi connectivity index (χ1) is 15.6. The summed E-state index contributed by atoms with van der Waals surface area (Å²) in [7, 11) is 1.87. The Morgan fingerprint density at radius 2 is 1.68 bits per heavy atom. The highest BCUT2D eigenvalue weighted by Gasteiger charge is 2.44. The molecule has 3 atom stereocenters. The van der Waals surface area contributed by atoms with Crippen LogP contribution in [-0.4, -0.2) is 94.7 Å². The molecule has 196 valence electrons. The fourth-order valence-corrected chi connectivity index (χ4v) is 4.53. The van der Waals surface area contributed by atoms with Gasteiger partial charge in [-0.3, -0.25) is 4.90 Å². The van der Waals surface area contributed by atoms with Gasteiger partial charge in [0.2, 0.25) is 0 Å². The summed E-state index contributed by atoms with van der Waals surface area (Å²) >= 11 is 1.79. The van der Waals surface area contributed by atoms with Crippen LogP contribution in [0.5, 0.6) is 0 Å². The van der Waals surface area contributed by atoms with Crippen LogP contribution in [0.2, 0.25) is 0 Å². The number of nitrogens with zero attached hydrogens (tertiary/aromatic N) is 3. The number of hydrogen-bond donors (Lipinski definition) is 2. The zero-order valence-corrected chi connectivity index (χ0v) is 19.5. The number of likely N-dealkylation sites (tertiary alicyclic amines) is 2. The molecule has 34 heavy (non-hydrogen) atoms. The highest BCUT2D eigenvalue weighted by molar-refractivity contribution is 7.09. The summed E-state index contributed by atoms with van der Waals surface area (Å²) in [5.74, 6) is -4.85. The number of likely N-dealkylation sites (N-methyl/N-ethyl adjacent to an activating group) is 1. The molecule has 8 nitrogen and oxygen atoms in total. The van der Waals surface area contributed by atoms with Crippen molar-refractivity contribution in [2.45, 2.75) is 51.3 Å². The van der Waals surface area contributed by atoms with E-state index in [4.69, 9.17) is 24.5 Å². The number of aliphatic carboxylic acids is 2. The number of halogens is 6. The third-order valence-corrected chi connectivity index (χ3v) is 6.40. The molecule has 2 fully saturated rings. The molecule has 0 amide bonds. The van der Waals surface area contributed by atoms with E-state index in [1.807, 2.05) is 12.6 Å². The first-order valence-corrected chi connectivity index (χ1v) is 11.0. The van der Waals surface area contributed by atoms with Crippen molar-refractivity contribution in [1.29, 1.82) is 0 Å². The lowest BCUT2D eigenvalue weighted by molar-refractivity contribution is -0.193. The van der Waals surface area contributed by atoms with Crippen LogP contribution in [0.15, 0.2) is 5.51 Å². The van der Waals surface area contributed by atoms with E-state index in [2.05, 4.69) is 28.6 Å². The maximum atomic E-state index is 10.6. The molecule has 15 heteroatoms. The van der Waals surface area contributed by atoms with Crippen molar-refractivity contribution in [3.05, 3.63) is 16.1 Å². The Balaban J connectivity index is 0.000000343. The summed E-state index contributed by atoms with van der Waals surface area (Å²) in [5, 5.41) is 14.2. The van der Waals surface area contributed by atoms with Gasteiger partial charge < -0.3 is 19.8 Å². The molecular weight excluding hydrogens is 496 g/mol. The molecular formula is C19H27F6N3O5S. The van der Waals surface area contributed by atoms with Crippen LogP contribution in [0.25, 0.3) is 0 Å². The van der Waals surface area contributed by atoms with Gasteiger partial charge in [-0.15, -0.1) is 11.3 Å². The third-order valence-electron chi connectivity index (χ3n) is 5.48. The maximum absolute atomic E-state index is 10.6. The van der Waals surface area contributed by atoms with E-state index in [1.165, 1.54) is 23.7 Å². The monoisotopic (exact) mass is 523 g/mol. The molecule has 2 N–H and O–H groups in total. The average molecular weight is 523 g/mol. The number of hydrogen-bond acceptors (Lipinski definition) is 7. The summed E-state index contributed by atoms with van der Waals surface area (Å²) in [6.45, 7) is 10.1. The number of ether oxygens (including phenoxy) is 1. The first-order valence-electron chi connectivity index (χ1n) is 10.1. The Labute approximate surface area is 196 Å². The number of carboxylic acids is 2. The Morgan fingerprint density at radius 3 is 2.06 bits per heavy atom. The van der Waals surface area contributed by atoms with Crippen LogP contribution in [0, 0.1) is 12.8 Å². The zero-order valence-electron chi connectivity index (χ0n) is 18.7. The van der Waals surface area contributed by atoms with Crippen LogP contribution in [0.3, 0.4) is 0 Å². The van der Waals surface area contributed by atoms with E-state index in [0.717, 1.165) is 26.1 Å². The van der Waals surface area contributed by atoms with Crippen LogP contribution < -0.4 is 0 Å². The van der Waals surface area contributed by atoms with Gasteiger partial charge in [-0.1, -0.05) is 6.92 Å². The Hall–Kier alpha value is -1.97. The van der Waals surface area contributed by atoms with E-state index in [9.17, 15) is 26.3 Å². The maximum Gasteiger partial charge on any atom is 0.490 e. The lowest BCUT2D eigenvalue weighted by atomic mass is 9.89. The lowest BCUT2D eigenvalue weighted by Crippen LogP contribution is -2.50. The Morgan fingerprint density at radius 1 is 1.15 bits per heavy atom. The van der Waals surface area contributed by atoms with Gasteiger partial charge >= 0.3 is 24.3 Å². The number of aromatic nitrogens is 1. The number of carbonyl (C=O) groups is 2. The molecule has 1 aromatic heterocycles. The van der Waals surface area contributed by atoms with Crippen molar-refractivity contribution in [1.82, 2.24) is 14.8 Å². The molecule has 0 spiro atoms. The van der Waals surface area contributed by atoms with Gasteiger partial charge in [-0.2, -0.15) is 26.3 Å². The van der Waals surface area contributed by atoms with E-state index in [1.54, 1.807) is 11.3 Å². The third kappa shape index (κ3) is 9.00. The molecule has 2 saturated heterocycles. The standard InChI is InChI=1S/C15H25N3OS.2C2HF3O2/c1-4-17-7-12-13(8-17)18(6-5-14(12)19-3)9-15-11(2)16-10-20-15;2*3-2(4,5)1(6)7/h10,12-14H,4-9H2,1-3H3;2*(H,6,7)/t12-,13+,14+;;/m0../s1. The highest BCUT2D eigenvalue weighted by Crippen LogP contribution is 2.34. The van der Waals surface area contributed by atoms with Crippen molar-refractivity contribution in [3.8, 4) is 0 Å². The highest BCUT2D eigenvalue weighted by atomic mass is 32.1. The van der Waals surface area contributed by atoms with Crippen LogP contribution in [-0.2, 0) is 20.9 Å². The molecule has 1 aromatic rings. The van der Waals surface area contributed by atoms with Crippen LogP contribution >= 0.6 is 11.3 Å². The SMILES string of the molecule is CCN1C[C@H]2[C@@H](C1)N(Cc1scnc1C)CC[C@H]2OC.O=C(O)C(F)(F)F.O=C(O)C(F)(F)F. The second kappa shape index (κ2) is 12.7. The normalized spacial score (nSPS) is 23.3. The molecule has 0 radical (unpaired) electrons. The van der Waals surface area contributed by atoms with E-state index in [-0.39, 0.29) is 0 Å². The van der Waals surface area contributed by atoms with Crippen LogP contribution in [0.1, 0.15) is 23.9 Å². The molecule has 0 bridgehead atoms. The molecule has 2 aliphatic heterocycles. The predicted octanol–water partition coefficient (Wildman–Crippen LogP) is 3.26. The number of fused-ring (bicyclic) bond motifs is 1. The number of piperidine rings is 1. The predicted molar refractivity (Wildman–Crippen MR) is 109 cm³/mol. The zero-order chi connectivity index (χ0) is 26.3. The largest absolute Gasteiger partial charge is 0.490 e. The average Bonchev–Trinajstić information content (AvgIpc) is 3.34. The summed E-state index contributed by atoms with van der Waals surface area (Å²) in [5.41, 5.74) is 3.17. The summed E-state index contributed by atoms with van der Waals surface area (Å²) in [6, 6.07) is 0.648. The van der Waals surface area contributed by atoms with Crippen molar-refractivity contribution in [2.24, 2.45) is 5.92 Å². The van der Waals surface area contributed by atoms with Gasteiger partial charge in [0, 0.05) is 50.1 Å². The second-order valence-corrected chi connectivity index (χ2v) is 8.52. The molecule has 0 aromatic carbocycles. The summed E-state index contributed by atoms with van der Waals surface area (Å²) < 4.78 is 69.2. The van der Waals surface area contributed by atoms with Gasteiger partial charge in [-0.05, 0) is 19.9 Å². The molecule has 3 rings (SSSR count). The smallest absolute Gasteiger partial charge is 0.475 e. The van der Waals surface area contributed by atoms with E-state index < -0.39 is 24.3 Å². The number of alkyl halides is 6. The quantitative estimate of drug-likeness (QED) is 0.580. The Kier molecular flexibility index (Phi) is 11.2. The number of thiazole rings is 1. The fourth-order valence-electron chi connectivity index (χ4n) is 3.73. The number of carboxylic acid groups (broad SMARTS) is 2. The topological polar surface area (TPSA) is 103 Å². The first kappa shape index (κ1) is 30.1. The fraction of sp³-hybridized carbons (Fsp3) is 0.737. The second-order valence-electron chi connectivity index (χ2n) is 7.58. The molecule has 3 heterocycles. The van der Waals surface area contributed by atoms with E-state index in [0.29, 0.717) is 18.1 Å². The minimum atomic E-state index is -5.08. The molecule has 2 aliphatic rings. The van der Waals surface area contributed by atoms with Gasteiger partial charge in [0.05, 0.1) is 17.3 Å². The van der Waals surface area contributed by atoms with Gasteiger partial charge in [-0.25, -0.2) is 14.6 Å². The van der Waals surface area contributed by atoms with Gasteiger partial charge in [0.1, 0.15) is 0 Å². The Bertz CT molecular complexity index is 780. The van der Waals surface area contributed by atoms with Gasteiger partial charge in [0.15, 0.2) is 0 Å². The summed E-state index contributed by atoms with van der Waals surface area (Å²) in [4.78, 5) is 28.8. The van der Waals surface area contributed by atoms with Crippen molar-refractivity contribution >= 4 is 23.3 Å². The van der Waals surface area contributed by atoms with Crippen molar-refractivity contribution < 1.29 is 50.9 Å². The summed E-state index contributed by atoms with van der Waals surface area (Å²) in [6.07, 6.45) is -8.57. The lowest BCUT2D eigenvalue weighted by Gasteiger charge is -2.41. The molecule has 0 saturated carbocycles. The van der Waals surface area contributed by atoms with Gasteiger partial charge in [0.25, 0.3) is 0 Å².